The summed E-state index contributed by atoms with van der Waals surface area (Å²) in [5.41, 5.74) is 0.673. The quantitative estimate of drug-likeness (QED) is 0.685. The lowest BCUT2D eigenvalue weighted by Crippen LogP contribution is -2.42. The first-order chi connectivity index (χ1) is 10.1. The van der Waals surface area contributed by atoms with Crippen molar-refractivity contribution < 1.29 is 4.79 Å². The Kier molecular flexibility index (Phi) is 5.20. The number of hydrogen-bond donors (Lipinski definition) is 1. The van der Waals surface area contributed by atoms with Crippen LogP contribution in [0.1, 0.15) is 0 Å². The Morgan fingerprint density at radius 1 is 1.38 bits per heavy atom. The lowest BCUT2D eigenvalue weighted by Gasteiger charge is -2.31. The fourth-order valence-corrected chi connectivity index (χ4v) is 2.23. The minimum atomic E-state index is -0.418. The van der Waals surface area contributed by atoms with Crippen LogP contribution in [0.5, 0.6) is 0 Å². The van der Waals surface area contributed by atoms with Gasteiger partial charge < -0.3 is 15.1 Å². The molecule has 1 N–H and O–H groups in total. The number of anilines is 1. The topological polar surface area (TPSA) is 59.4 Å². The van der Waals surface area contributed by atoms with Crippen LogP contribution in [0, 0.1) is 11.3 Å². The molecule has 1 amide bonds. The van der Waals surface area contributed by atoms with E-state index in [0.29, 0.717) is 10.7 Å². The van der Waals surface area contributed by atoms with Gasteiger partial charge in [-0.3, -0.25) is 4.79 Å². The number of piperazine rings is 1. The fraction of sp³-hybridized carbons (Fsp3) is 0.333. The normalized spacial score (nSPS) is 16.4. The first kappa shape index (κ1) is 15.4. The van der Waals surface area contributed by atoms with Crippen LogP contribution < -0.4 is 5.32 Å². The zero-order chi connectivity index (χ0) is 15.2. The number of rotatable bonds is 3. The van der Waals surface area contributed by atoms with E-state index in [0.717, 1.165) is 26.2 Å². The SMILES string of the molecule is CN1CCN(/C=C(/C#N)C(=O)Nc2cccc(Cl)c2)CC1. The summed E-state index contributed by atoms with van der Waals surface area (Å²) in [6.07, 6.45) is 1.63. The van der Waals surface area contributed by atoms with Gasteiger partial charge >= 0.3 is 0 Å². The summed E-state index contributed by atoms with van der Waals surface area (Å²) >= 11 is 5.87. The van der Waals surface area contributed by atoms with Crippen molar-refractivity contribution in [2.24, 2.45) is 0 Å². The largest absolute Gasteiger partial charge is 0.374 e. The minimum absolute atomic E-state index is 0.0968. The molecule has 1 aromatic carbocycles. The molecule has 0 aromatic heterocycles. The number of hydrogen-bond acceptors (Lipinski definition) is 4. The Bertz CT molecular complexity index is 586. The molecule has 0 spiro atoms. The van der Waals surface area contributed by atoms with Crippen LogP contribution >= 0.6 is 11.6 Å². The highest BCUT2D eigenvalue weighted by Crippen LogP contribution is 2.15. The Balaban J connectivity index is 2.03. The number of likely N-dealkylation sites (N-methyl/N-ethyl adjacent to an activating group) is 1. The second-order valence-corrected chi connectivity index (χ2v) is 5.39. The van der Waals surface area contributed by atoms with Crippen molar-refractivity contribution in [1.29, 1.82) is 5.26 Å². The zero-order valence-corrected chi connectivity index (χ0v) is 12.6. The molecule has 110 valence electrons. The van der Waals surface area contributed by atoms with Crippen LogP contribution in [0.4, 0.5) is 5.69 Å². The number of benzene rings is 1. The van der Waals surface area contributed by atoms with E-state index >= 15 is 0 Å². The van der Waals surface area contributed by atoms with Crippen molar-refractivity contribution in [1.82, 2.24) is 9.80 Å². The van der Waals surface area contributed by atoms with E-state index in [1.165, 1.54) is 0 Å². The molecule has 0 unspecified atom stereocenters. The van der Waals surface area contributed by atoms with E-state index in [-0.39, 0.29) is 5.57 Å². The molecular formula is C15H17ClN4O. The Hall–Kier alpha value is -2.03. The van der Waals surface area contributed by atoms with Crippen molar-refractivity contribution in [3.05, 3.63) is 41.1 Å². The van der Waals surface area contributed by atoms with E-state index < -0.39 is 5.91 Å². The molecule has 1 heterocycles. The monoisotopic (exact) mass is 304 g/mol. The second kappa shape index (κ2) is 7.11. The predicted molar refractivity (Wildman–Crippen MR) is 82.8 cm³/mol. The lowest BCUT2D eigenvalue weighted by molar-refractivity contribution is -0.112. The van der Waals surface area contributed by atoms with E-state index in [1.54, 1.807) is 30.5 Å². The molecule has 2 rings (SSSR count). The van der Waals surface area contributed by atoms with E-state index in [4.69, 9.17) is 16.9 Å². The molecule has 0 bridgehead atoms. The van der Waals surface area contributed by atoms with E-state index in [2.05, 4.69) is 17.3 Å². The summed E-state index contributed by atoms with van der Waals surface area (Å²) in [6, 6.07) is 8.80. The molecule has 21 heavy (non-hydrogen) atoms. The van der Waals surface area contributed by atoms with E-state index in [1.807, 2.05) is 11.0 Å². The van der Waals surface area contributed by atoms with Gasteiger partial charge in [-0.1, -0.05) is 17.7 Å². The maximum Gasteiger partial charge on any atom is 0.267 e. The number of nitrogens with one attached hydrogen (secondary N) is 1. The summed E-state index contributed by atoms with van der Waals surface area (Å²) in [7, 11) is 2.05. The van der Waals surface area contributed by atoms with Crippen LogP contribution in [0.25, 0.3) is 0 Å². The third-order valence-corrected chi connectivity index (χ3v) is 3.53. The van der Waals surface area contributed by atoms with Gasteiger partial charge in [-0.2, -0.15) is 5.26 Å². The van der Waals surface area contributed by atoms with Crippen molar-refractivity contribution in [2.45, 2.75) is 0 Å². The van der Waals surface area contributed by atoms with Crippen molar-refractivity contribution in [3.8, 4) is 6.07 Å². The Labute approximate surface area is 129 Å². The predicted octanol–water partition coefficient (Wildman–Crippen LogP) is 1.93. The second-order valence-electron chi connectivity index (χ2n) is 4.96. The van der Waals surface area contributed by atoms with E-state index in [9.17, 15) is 4.79 Å². The van der Waals surface area contributed by atoms with Gasteiger partial charge in [-0.15, -0.1) is 0 Å². The summed E-state index contributed by atoms with van der Waals surface area (Å²) in [5, 5.41) is 12.4. The highest BCUT2D eigenvalue weighted by atomic mass is 35.5. The van der Waals surface area contributed by atoms with Crippen LogP contribution in [-0.2, 0) is 4.79 Å². The average Bonchev–Trinajstić information content (AvgIpc) is 2.46. The summed E-state index contributed by atoms with van der Waals surface area (Å²) in [4.78, 5) is 16.3. The first-order valence-corrected chi connectivity index (χ1v) is 7.08. The summed E-state index contributed by atoms with van der Waals surface area (Å²) in [6.45, 7) is 3.47. The number of carbonyl (C=O) groups excluding carboxylic acids is 1. The van der Waals surface area contributed by atoms with Gasteiger partial charge in [0.2, 0.25) is 0 Å². The standard InChI is InChI=1S/C15H17ClN4O/c1-19-5-7-20(8-6-19)11-12(10-17)15(21)18-14-4-2-3-13(16)9-14/h2-4,9,11H,5-8H2,1H3,(H,18,21)/b12-11-. The summed E-state index contributed by atoms with van der Waals surface area (Å²) in [5.74, 6) is -0.418. The Morgan fingerprint density at radius 3 is 2.71 bits per heavy atom. The smallest absolute Gasteiger partial charge is 0.267 e. The van der Waals surface area contributed by atoms with Crippen molar-refractivity contribution in [2.75, 3.05) is 38.5 Å². The number of halogens is 1. The van der Waals surface area contributed by atoms with Gasteiger partial charge in [-0.25, -0.2) is 0 Å². The third-order valence-electron chi connectivity index (χ3n) is 3.30. The molecule has 1 aliphatic heterocycles. The number of amides is 1. The first-order valence-electron chi connectivity index (χ1n) is 6.70. The zero-order valence-electron chi connectivity index (χ0n) is 11.8. The van der Waals surface area contributed by atoms with Gasteiger partial charge in [0.1, 0.15) is 11.6 Å². The lowest BCUT2D eigenvalue weighted by atomic mass is 10.2. The molecule has 0 radical (unpaired) electrons. The highest BCUT2D eigenvalue weighted by Gasteiger charge is 2.15. The molecular weight excluding hydrogens is 288 g/mol. The van der Waals surface area contributed by atoms with Crippen LogP contribution in [-0.4, -0.2) is 48.9 Å². The molecule has 6 heteroatoms. The van der Waals surface area contributed by atoms with Gasteiger partial charge in [-0.05, 0) is 25.2 Å². The maximum absolute atomic E-state index is 12.1. The van der Waals surface area contributed by atoms with Crippen molar-refractivity contribution >= 4 is 23.2 Å². The molecule has 0 saturated carbocycles. The van der Waals surface area contributed by atoms with Crippen molar-refractivity contribution in [3.63, 3.8) is 0 Å². The number of nitriles is 1. The average molecular weight is 305 g/mol. The number of nitrogens with zero attached hydrogens (tertiary/aromatic N) is 3. The van der Waals surface area contributed by atoms with Gasteiger partial charge in [0.15, 0.2) is 0 Å². The molecule has 1 saturated heterocycles. The summed E-state index contributed by atoms with van der Waals surface area (Å²) < 4.78 is 0. The number of carbonyl (C=O) groups is 1. The van der Waals surface area contributed by atoms with Crippen LogP contribution in [0.15, 0.2) is 36.0 Å². The van der Waals surface area contributed by atoms with Gasteiger partial charge in [0, 0.05) is 43.1 Å². The minimum Gasteiger partial charge on any atom is -0.374 e. The van der Waals surface area contributed by atoms with Crippen LogP contribution in [0.3, 0.4) is 0 Å². The maximum atomic E-state index is 12.1. The van der Waals surface area contributed by atoms with Gasteiger partial charge in [0.25, 0.3) is 5.91 Å². The molecule has 1 fully saturated rings. The molecule has 1 aromatic rings. The molecule has 0 aliphatic carbocycles. The van der Waals surface area contributed by atoms with Gasteiger partial charge in [0.05, 0.1) is 0 Å². The van der Waals surface area contributed by atoms with Crippen LogP contribution in [0.2, 0.25) is 5.02 Å². The highest BCUT2D eigenvalue weighted by molar-refractivity contribution is 6.31. The molecule has 0 atom stereocenters. The molecule has 5 nitrogen and oxygen atoms in total. The third kappa shape index (κ3) is 4.48. The fourth-order valence-electron chi connectivity index (χ4n) is 2.04. The Morgan fingerprint density at radius 2 is 2.10 bits per heavy atom. The molecule has 1 aliphatic rings.